The average Bonchev–Trinajstić information content (AvgIpc) is 3.45. The molecule has 0 amide bonds. The summed E-state index contributed by atoms with van der Waals surface area (Å²) in [6, 6.07) is 9.07. The first-order valence-electron chi connectivity index (χ1n) is 10.1. The lowest BCUT2D eigenvalue weighted by atomic mass is 10.00. The Kier molecular flexibility index (Phi) is 5.39. The molecule has 10 heteroatoms. The van der Waals surface area contributed by atoms with Crippen LogP contribution in [0.4, 0.5) is 8.78 Å². The zero-order chi connectivity index (χ0) is 24.0. The van der Waals surface area contributed by atoms with Gasteiger partial charge in [-0.25, -0.2) is 18.7 Å². The third-order valence-electron chi connectivity index (χ3n) is 5.53. The Bertz CT molecular complexity index is 1610. The molecule has 0 fully saturated rings. The van der Waals surface area contributed by atoms with E-state index in [1.807, 2.05) is 12.1 Å². The fourth-order valence-electron chi connectivity index (χ4n) is 3.85. The van der Waals surface area contributed by atoms with Crippen molar-refractivity contribution in [1.29, 1.82) is 5.41 Å². The van der Waals surface area contributed by atoms with Gasteiger partial charge in [-0.05, 0) is 24.3 Å². The van der Waals surface area contributed by atoms with Crippen molar-refractivity contribution in [2.75, 3.05) is 6.26 Å². The minimum Gasteiger partial charge on any atom is -0.593 e. The van der Waals surface area contributed by atoms with E-state index >= 15 is 0 Å². The van der Waals surface area contributed by atoms with Gasteiger partial charge in [0.25, 0.3) is 0 Å². The molecule has 0 bridgehead atoms. The van der Waals surface area contributed by atoms with E-state index in [9.17, 15) is 18.4 Å². The van der Waals surface area contributed by atoms with Crippen molar-refractivity contribution in [2.24, 2.45) is 0 Å². The number of aliphatic hydroxyl groups excluding tert-OH is 1. The van der Waals surface area contributed by atoms with Crippen LogP contribution in [0.15, 0.2) is 61.2 Å². The highest BCUT2D eigenvalue weighted by Crippen LogP contribution is 2.32. The Balaban J connectivity index is 1.64. The summed E-state index contributed by atoms with van der Waals surface area (Å²) in [5.74, 6) is -2.61. The fourth-order valence-corrected chi connectivity index (χ4v) is 4.48. The highest BCUT2D eigenvalue weighted by Gasteiger charge is 2.19. The van der Waals surface area contributed by atoms with E-state index in [2.05, 4.69) is 15.0 Å². The molecule has 1 aromatic carbocycles. The molecule has 0 aliphatic heterocycles. The van der Waals surface area contributed by atoms with Gasteiger partial charge >= 0.3 is 0 Å². The van der Waals surface area contributed by atoms with Crippen molar-refractivity contribution in [3.8, 4) is 11.1 Å². The zero-order valence-electron chi connectivity index (χ0n) is 17.7. The fraction of sp³-hybridized carbons (Fsp3) is 0.0417. The summed E-state index contributed by atoms with van der Waals surface area (Å²) in [6.45, 7) is 0. The highest BCUT2D eigenvalue weighted by atomic mass is 32.2. The van der Waals surface area contributed by atoms with Gasteiger partial charge in [0.1, 0.15) is 17.7 Å². The summed E-state index contributed by atoms with van der Waals surface area (Å²) in [7, 11) is 0. The first-order chi connectivity index (χ1) is 16.4. The number of fused-ring (bicyclic) bond motifs is 2. The number of halogens is 2. The van der Waals surface area contributed by atoms with Crippen LogP contribution in [-0.2, 0) is 11.4 Å². The molecule has 4 aromatic heterocycles. The van der Waals surface area contributed by atoms with Gasteiger partial charge in [-0.1, -0.05) is 12.1 Å². The van der Waals surface area contributed by atoms with Gasteiger partial charge in [0.05, 0.1) is 17.6 Å². The summed E-state index contributed by atoms with van der Waals surface area (Å²) in [5.41, 5.74) is 2.41. The number of aromatic amines is 1. The van der Waals surface area contributed by atoms with Crippen LogP contribution in [0, 0.1) is 17.0 Å². The molecular weight excluding hydrogens is 460 g/mol. The summed E-state index contributed by atoms with van der Waals surface area (Å²) >= 11 is -1.23. The van der Waals surface area contributed by atoms with Gasteiger partial charge in [-0.3, -0.25) is 0 Å². The topological polar surface area (TPSA) is 114 Å². The number of aliphatic hydroxyl groups is 1. The maximum Gasteiger partial charge on any atom is 0.186 e. The Labute approximate surface area is 195 Å². The van der Waals surface area contributed by atoms with E-state index in [1.165, 1.54) is 18.3 Å². The van der Waals surface area contributed by atoms with Crippen molar-refractivity contribution in [1.82, 2.24) is 18.9 Å². The number of H-pyrrole nitrogens is 1. The summed E-state index contributed by atoms with van der Waals surface area (Å²) < 4.78 is 41.5. The number of aromatic nitrogens is 4. The number of allylic oxidation sites excluding steroid dienone is 1. The SMILES string of the molecule is C[S+]([O-])n1ccc2cc(-c3cnc4[nH]cc(/C(O)=C(/C=N)c5cccc(F)c5F)c4c3)cnc21. The predicted octanol–water partition coefficient (Wildman–Crippen LogP) is 5.08. The van der Waals surface area contributed by atoms with Gasteiger partial charge in [0, 0.05) is 63.4 Å². The Morgan fingerprint density at radius 2 is 1.91 bits per heavy atom. The molecule has 4 heterocycles. The van der Waals surface area contributed by atoms with E-state index in [1.54, 1.807) is 34.9 Å². The molecule has 0 saturated carbocycles. The second kappa shape index (κ2) is 8.40. The first kappa shape index (κ1) is 21.8. The maximum absolute atomic E-state index is 14.3. The molecule has 0 radical (unpaired) electrons. The molecule has 7 nitrogen and oxygen atoms in total. The number of rotatable bonds is 5. The molecule has 5 rings (SSSR count). The van der Waals surface area contributed by atoms with Crippen LogP contribution in [0.2, 0.25) is 0 Å². The van der Waals surface area contributed by atoms with Crippen LogP contribution >= 0.6 is 0 Å². The van der Waals surface area contributed by atoms with Crippen LogP contribution in [0.3, 0.4) is 0 Å². The zero-order valence-corrected chi connectivity index (χ0v) is 18.5. The lowest BCUT2D eigenvalue weighted by Gasteiger charge is -2.09. The van der Waals surface area contributed by atoms with Gasteiger partial charge in [0.15, 0.2) is 17.3 Å². The summed E-state index contributed by atoms with van der Waals surface area (Å²) in [5, 5.41) is 20.0. The molecule has 0 aliphatic carbocycles. The Hall–Kier alpha value is -4.02. The van der Waals surface area contributed by atoms with E-state index in [0.717, 1.165) is 23.2 Å². The second-order valence-corrected chi connectivity index (χ2v) is 8.77. The van der Waals surface area contributed by atoms with Crippen LogP contribution in [0.25, 0.3) is 44.5 Å². The van der Waals surface area contributed by atoms with Crippen molar-refractivity contribution in [3.05, 3.63) is 83.9 Å². The van der Waals surface area contributed by atoms with Gasteiger partial charge in [-0.15, -0.1) is 0 Å². The molecule has 0 saturated heterocycles. The van der Waals surface area contributed by atoms with E-state index in [0.29, 0.717) is 22.2 Å². The first-order valence-corrected chi connectivity index (χ1v) is 11.6. The maximum atomic E-state index is 14.3. The number of nitrogens with zero attached hydrogens (tertiary/aromatic N) is 3. The lowest BCUT2D eigenvalue weighted by molar-refractivity contribution is 0.503. The summed E-state index contributed by atoms with van der Waals surface area (Å²) in [4.78, 5) is 11.8. The molecule has 3 N–H and O–H groups in total. The van der Waals surface area contributed by atoms with Gasteiger partial charge in [-0.2, -0.15) is 3.97 Å². The van der Waals surface area contributed by atoms with Gasteiger partial charge in [0.2, 0.25) is 0 Å². The highest BCUT2D eigenvalue weighted by molar-refractivity contribution is 7.89. The predicted molar refractivity (Wildman–Crippen MR) is 129 cm³/mol. The molecule has 1 unspecified atom stereocenters. The number of hydrogen-bond acceptors (Lipinski definition) is 5. The molecule has 1 atom stereocenters. The minimum absolute atomic E-state index is 0.166. The Morgan fingerprint density at radius 1 is 1.15 bits per heavy atom. The van der Waals surface area contributed by atoms with Crippen molar-refractivity contribution < 1.29 is 18.4 Å². The van der Waals surface area contributed by atoms with Crippen LogP contribution in [-0.4, -0.2) is 41.1 Å². The number of benzene rings is 1. The van der Waals surface area contributed by atoms with E-state index < -0.39 is 23.0 Å². The summed E-state index contributed by atoms with van der Waals surface area (Å²) in [6.07, 6.45) is 8.83. The van der Waals surface area contributed by atoms with Gasteiger partial charge < -0.3 is 20.1 Å². The molecule has 0 aliphatic rings. The standard InChI is InChI=1S/C24H17F2N5O2S/c1-34(33)31-6-5-13-7-14(11-30-24(13)31)15-8-17-19(12-29-23(17)28-10-15)22(32)18(9-27)16-3-2-4-20(25)21(16)26/h2-12,27,32H,1H3,(H,28,29)/b22-18+,27-9?. The Morgan fingerprint density at radius 3 is 2.68 bits per heavy atom. The van der Waals surface area contributed by atoms with Crippen molar-refractivity contribution in [2.45, 2.75) is 0 Å². The number of pyridine rings is 2. The molecule has 0 spiro atoms. The number of hydrogen-bond donors (Lipinski definition) is 3. The van der Waals surface area contributed by atoms with Crippen LogP contribution < -0.4 is 0 Å². The minimum atomic E-state index is -1.23. The smallest absolute Gasteiger partial charge is 0.186 e. The van der Waals surface area contributed by atoms with Crippen LogP contribution in [0.1, 0.15) is 11.1 Å². The third-order valence-corrected chi connectivity index (χ3v) is 6.38. The second-order valence-electron chi connectivity index (χ2n) is 7.53. The molecular formula is C24H17F2N5O2S. The van der Waals surface area contributed by atoms with E-state index in [-0.39, 0.29) is 22.5 Å². The molecule has 5 aromatic rings. The number of nitrogens with one attached hydrogen (secondary N) is 2. The molecule has 34 heavy (non-hydrogen) atoms. The van der Waals surface area contributed by atoms with E-state index in [4.69, 9.17) is 5.41 Å². The largest absolute Gasteiger partial charge is 0.593 e. The quantitative estimate of drug-likeness (QED) is 0.186. The van der Waals surface area contributed by atoms with Crippen LogP contribution in [0.5, 0.6) is 0 Å². The monoisotopic (exact) mass is 477 g/mol. The van der Waals surface area contributed by atoms with Crippen molar-refractivity contribution >= 4 is 51.0 Å². The lowest BCUT2D eigenvalue weighted by Crippen LogP contribution is -2.08. The normalized spacial score (nSPS) is 13.3. The average molecular weight is 477 g/mol. The third kappa shape index (κ3) is 3.53. The van der Waals surface area contributed by atoms with Crippen molar-refractivity contribution in [3.63, 3.8) is 0 Å². The molecule has 170 valence electrons.